The normalized spacial score (nSPS) is 11.5. The summed E-state index contributed by atoms with van der Waals surface area (Å²) in [6.07, 6.45) is 0.374. The van der Waals surface area contributed by atoms with E-state index in [1.165, 1.54) is 18.2 Å². The average Bonchev–Trinajstić information content (AvgIpc) is 2.79. The Balaban J connectivity index is 2.50. The molecule has 0 heterocycles. The van der Waals surface area contributed by atoms with Crippen LogP contribution in [0.5, 0.6) is 5.75 Å². The number of carbonyl (C=O) groups excluding carboxylic acids is 1. The number of carbonyl (C=O) groups is 1. The summed E-state index contributed by atoms with van der Waals surface area (Å²) in [7, 11) is -2.64. The van der Waals surface area contributed by atoms with Gasteiger partial charge in [-0.3, -0.25) is 4.79 Å². The predicted octanol–water partition coefficient (Wildman–Crippen LogP) is 5.63. The van der Waals surface area contributed by atoms with Crippen LogP contribution in [-0.2, 0) is 26.2 Å². The second-order valence-electron chi connectivity index (χ2n) is 8.48. The Hall–Kier alpha value is -2.00. The molecule has 0 aliphatic rings. The van der Waals surface area contributed by atoms with Gasteiger partial charge in [0.05, 0.1) is 16.7 Å². The van der Waals surface area contributed by atoms with Crippen LogP contribution in [0.1, 0.15) is 39.7 Å². The number of hydrogen-bond donors (Lipinski definition) is 0. The van der Waals surface area contributed by atoms with Crippen LogP contribution in [-0.4, -0.2) is 52.6 Å². The first-order chi connectivity index (χ1) is 16.5. The lowest BCUT2D eigenvalue weighted by Crippen LogP contribution is -2.34. The van der Waals surface area contributed by atoms with E-state index in [1.54, 1.807) is 24.1 Å². The molecular formula is C25H34Cl2N2O5S. The summed E-state index contributed by atoms with van der Waals surface area (Å²) < 4.78 is 37.1. The van der Waals surface area contributed by atoms with Crippen molar-refractivity contribution in [3.05, 3.63) is 52.0 Å². The molecule has 0 saturated heterocycles. The van der Waals surface area contributed by atoms with Crippen LogP contribution in [0.2, 0.25) is 10.0 Å². The third kappa shape index (κ3) is 8.27. The SMILES string of the molecule is CCN(CC)c1ccc(CN(CCOC)C(=O)CC(C)C)c(OS(=O)(=O)c2ccc(Cl)c(Cl)c2)c1. The number of halogens is 2. The summed E-state index contributed by atoms with van der Waals surface area (Å²) in [5, 5.41) is 0.353. The maximum absolute atomic E-state index is 13.1. The van der Waals surface area contributed by atoms with Crippen LogP contribution >= 0.6 is 23.2 Å². The lowest BCUT2D eigenvalue weighted by molar-refractivity contribution is -0.133. The van der Waals surface area contributed by atoms with Gasteiger partial charge in [0.15, 0.2) is 0 Å². The molecule has 0 aliphatic heterocycles. The van der Waals surface area contributed by atoms with E-state index in [0.29, 0.717) is 25.1 Å². The predicted molar refractivity (Wildman–Crippen MR) is 141 cm³/mol. The summed E-state index contributed by atoms with van der Waals surface area (Å²) in [5.41, 5.74) is 1.38. The average molecular weight is 546 g/mol. The molecule has 0 unspecified atom stereocenters. The number of ether oxygens (including phenoxy) is 1. The fourth-order valence-electron chi connectivity index (χ4n) is 3.51. The zero-order chi connectivity index (χ0) is 26.2. The number of rotatable bonds is 13. The van der Waals surface area contributed by atoms with Crippen LogP contribution < -0.4 is 9.08 Å². The van der Waals surface area contributed by atoms with Crippen LogP contribution in [0.25, 0.3) is 0 Å². The quantitative estimate of drug-likeness (QED) is 0.304. The van der Waals surface area contributed by atoms with Crippen LogP contribution in [0.4, 0.5) is 5.69 Å². The third-order valence-corrected chi connectivity index (χ3v) is 7.39. The van der Waals surface area contributed by atoms with Gasteiger partial charge in [0.25, 0.3) is 0 Å². The fraction of sp³-hybridized carbons (Fsp3) is 0.480. The Morgan fingerprint density at radius 1 is 1.03 bits per heavy atom. The van der Waals surface area contributed by atoms with Crippen molar-refractivity contribution in [2.24, 2.45) is 5.92 Å². The smallest absolute Gasteiger partial charge is 0.339 e. The Kier molecular flexibility index (Phi) is 11.1. The van der Waals surface area contributed by atoms with Crippen LogP contribution in [0.3, 0.4) is 0 Å². The molecule has 0 radical (unpaired) electrons. The number of amides is 1. The zero-order valence-electron chi connectivity index (χ0n) is 20.9. The number of benzene rings is 2. The van der Waals surface area contributed by atoms with E-state index in [4.69, 9.17) is 32.1 Å². The third-order valence-electron chi connectivity index (χ3n) is 5.42. The number of hydrogen-bond acceptors (Lipinski definition) is 6. The van der Waals surface area contributed by atoms with Gasteiger partial charge in [0.2, 0.25) is 5.91 Å². The maximum atomic E-state index is 13.1. The van der Waals surface area contributed by atoms with E-state index < -0.39 is 10.1 Å². The van der Waals surface area contributed by atoms with Gasteiger partial charge in [-0.05, 0) is 44.0 Å². The highest BCUT2D eigenvalue weighted by Gasteiger charge is 2.23. The molecule has 0 aliphatic carbocycles. The molecule has 0 aromatic heterocycles. The molecule has 0 spiro atoms. The van der Waals surface area contributed by atoms with Crippen LogP contribution in [0, 0.1) is 5.92 Å². The van der Waals surface area contributed by atoms with Crippen molar-refractivity contribution < 1.29 is 22.1 Å². The topological polar surface area (TPSA) is 76.2 Å². The van der Waals surface area contributed by atoms with E-state index in [2.05, 4.69) is 4.90 Å². The zero-order valence-corrected chi connectivity index (χ0v) is 23.2. The Morgan fingerprint density at radius 2 is 1.71 bits per heavy atom. The molecule has 0 fully saturated rings. The van der Waals surface area contributed by atoms with Crippen LogP contribution in [0.15, 0.2) is 41.3 Å². The molecule has 0 saturated carbocycles. The molecule has 194 valence electrons. The van der Waals surface area contributed by atoms with E-state index >= 15 is 0 Å². The molecule has 2 rings (SSSR count). The minimum Gasteiger partial charge on any atom is -0.383 e. The lowest BCUT2D eigenvalue weighted by Gasteiger charge is -2.26. The molecule has 0 atom stereocenters. The first-order valence-corrected chi connectivity index (χ1v) is 13.7. The summed E-state index contributed by atoms with van der Waals surface area (Å²) >= 11 is 12.0. The van der Waals surface area contributed by atoms with Gasteiger partial charge >= 0.3 is 10.1 Å². The summed E-state index contributed by atoms with van der Waals surface area (Å²) in [4.78, 5) is 16.5. The molecule has 10 heteroatoms. The fourth-order valence-corrected chi connectivity index (χ4v) is 4.86. The molecule has 2 aromatic carbocycles. The molecule has 0 bridgehead atoms. The van der Waals surface area contributed by atoms with Crippen molar-refractivity contribution in [3.63, 3.8) is 0 Å². The first kappa shape index (κ1) is 29.2. The van der Waals surface area contributed by atoms with E-state index in [-0.39, 0.29) is 39.1 Å². The van der Waals surface area contributed by atoms with Gasteiger partial charge in [-0.1, -0.05) is 43.1 Å². The minimum atomic E-state index is -4.21. The highest BCUT2D eigenvalue weighted by atomic mass is 35.5. The van der Waals surface area contributed by atoms with Gasteiger partial charge < -0.3 is 18.7 Å². The van der Waals surface area contributed by atoms with Gasteiger partial charge in [0, 0.05) is 57.0 Å². The highest BCUT2D eigenvalue weighted by Crippen LogP contribution is 2.32. The Labute approximate surface area is 219 Å². The second-order valence-corrected chi connectivity index (χ2v) is 10.8. The van der Waals surface area contributed by atoms with Gasteiger partial charge in [-0.25, -0.2) is 0 Å². The van der Waals surface area contributed by atoms with Crippen molar-refractivity contribution in [1.29, 1.82) is 0 Å². The molecule has 35 heavy (non-hydrogen) atoms. The van der Waals surface area contributed by atoms with Crippen molar-refractivity contribution in [1.82, 2.24) is 4.90 Å². The van der Waals surface area contributed by atoms with Crippen molar-refractivity contribution in [2.45, 2.75) is 45.6 Å². The van der Waals surface area contributed by atoms with Crippen molar-refractivity contribution in [2.75, 3.05) is 38.3 Å². The molecule has 0 N–H and O–H groups in total. The standard InChI is InChI=1S/C25H34Cl2N2O5S/c1-6-28(7-2)20-9-8-19(17-29(12-13-33-5)25(30)14-18(3)4)24(15-20)34-35(31,32)21-10-11-22(26)23(27)16-21/h8-11,15-16,18H,6-7,12-14,17H2,1-5H3. The number of nitrogens with zero attached hydrogens (tertiary/aromatic N) is 2. The molecule has 7 nitrogen and oxygen atoms in total. The summed E-state index contributed by atoms with van der Waals surface area (Å²) in [6, 6.07) is 9.40. The van der Waals surface area contributed by atoms with Gasteiger partial charge in [-0.2, -0.15) is 8.42 Å². The van der Waals surface area contributed by atoms with Gasteiger partial charge in [-0.15, -0.1) is 0 Å². The van der Waals surface area contributed by atoms with E-state index in [1.807, 2.05) is 33.8 Å². The lowest BCUT2D eigenvalue weighted by atomic mass is 10.1. The van der Waals surface area contributed by atoms with Gasteiger partial charge in [0.1, 0.15) is 10.6 Å². The molecule has 2 aromatic rings. The Morgan fingerprint density at radius 3 is 2.29 bits per heavy atom. The second kappa shape index (κ2) is 13.3. The largest absolute Gasteiger partial charge is 0.383 e. The van der Waals surface area contributed by atoms with Crippen molar-refractivity contribution >= 4 is 44.9 Å². The summed E-state index contributed by atoms with van der Waals surface area (Å²) in [6.45, 7) is 10.4. The summed E-state index contributed by atoms with van der Waals surface area (Å²) in [5.74, 6) is 0.298. The number of methoxy groups -OCH3 is 1. The maximum Gasteiger partial charge on any atom is 0.339 e. The molecule has 1 amide bonds. The molecular weight excluding hydrogens is 511 g/mol. The first-order valence-electron chi connectivity index (χ1n) is 11.6. The van der Waals surface area contributed by atoms with E-state index in [0.717, 1.165) is 18.8 Å². The van der Waals surface area contributed by atoms with Crippen molar-refractivity contribution in [3.8, 4) is 5.75 Å². The monoisotopic (exact) mass is 544 g/mol. The minimum absolute atomic E-state index is 0.0387. The highest BCUT2D eigenvalue weighted by molar-refractivity contribution is 7.87. The number of anilines is 1. The Bertz CT molecular complexity index is 1110. The van der Waals surface area contributed by atoms with E-state index in [9.17, 15) is 13.2 Å².